The Bertz CT molecular complexity index is 1370. The number of aliphatic hydroxyl groups is 1. The van der Waals surface area contributed by atoms with E-state index in [1.807, 2.05) is 6.07 Å². The third kappa shape index (κ3) is 3.21. The molecule has 1 aromatic heterocycles. The number of nitrogens with zero attached hydrogens (tertiary/aromatic N) is 1. The Hall–Kier alpha value is -4.03. The Labute approximate surface area is 187 Å². The highest BCUT2D eigenvalue weighted by molar-refractivity contribution is 6.30. The molecule has 0 radical (unpaired) electrons. The number of Topliss-reactive ketones (excluding diaryl/α,β-unsaturated/α-hetero) is 1. The fourth-order valence-corrected chi connectivity index (χ4v) is 4.07. The Morgan fingerprint density at radius 2 is 1.69 bits per heavy atom. The number of fused-ring (bicyclic) bond motifs is 1. The third-order valence-electron chi connectivity index (χ3n) is 5.39. The average molecular weight is 446 g/mol. The smallest absolute Gasteiger partial charge is 0.294 e. The number of phenolic OH excluding ortho intramolecular Hbond substituents is 1. The Morgan fingerprint density at radius 1 is 0.938 bits per heavy atom. The van der Waals surface area contributed by atoms with Gasteiger partial charge in [0.1, 0.15) is 11.3 Å². The fourth-order valence-electron chi connectivity index (χ4n) is 3.94. The standard InChI is InChI=1S/C25H16ClNO5/c26-16-8-10-17(11-9-16)27-22(15-5-3-6-18(28)12-15)21(24(30)25(27)31)23(29)20-13-14-4-1-2-7-19(14)32-20/h1-13,22,28,30H. The van der Waals surface area contributed by atoms with E-state index >= 15 is 0 Å². The van der Waals surface area contributed by atoms with Crippen LogP contribution in [0.5, 0.6) is 5.75 Å². The van der Waals surface area contributed by atoms with Crippen LogP contribution >= 0.6 is 11.6 Å². The number of hydrogen-bond acceptors (Lipinski definition) is 5. The van der Waals surface area contributed by atoms with Crippen molar-refractivity contribution in [1.29, 1.82) is 0 Å². The minimum atomic E-state index is -0.975. The van der Waals surface area contributed by atoms with Crippen LogP contribution in [0, 0.1) is 0 Å². The van der Waals surface area contributed by atoms with E-state index in [2.05, 4.69) is 0 Å². The lowest BCUT2D eigenvalue weighted by atomic mass is 9.94. The number of carbonyl (C=O) groups is 2. The first-order valence-corrected chi connectivity index (χ1v) is 10.2. The Balaban J connectivity index is 1.67. The number of aromatic hydroxyl groups is 1. The van der Waals surface area contributed by atoms with E-state index in [0.29, 0.717) is 21.9 Å². The maximum Gasteiger partial charge on any atom is 0.294 e. The minimum Gasteiger partial charge on any atom is -0.508 e. The van der Waals surface area contributed by atoms with Gasteiger partial charge in [0, 0.05) is 16.1 Å². The summed E-state index contributed by atoms with van der Waals surface area (Å²) >= 11 is 5.99. The summed E-state index contributed by atoms with van der Waals surface area (Å²) < 4.78 is 5.70. The lowest BCUT2D eigenvalue weighted by Gasteiger charge is -2.27. The topological polar surface area (TPSA) is 91.0 Å². The molecule has 0 saturated carbocycles. The van der Waals surface area contributed by atoms with Crippen molar-refractivity contribution in [3.8, 4) is 5.75 Å². The van der Waals surface area contributed by atoms with Crippen molar-refractivity contribution in [2.24, 2.45) is 0 Å². The van der Waals surface area contributed by atoms with E-state index in [0.717, 1.165) is 5.39 Å². The van der Waals surface area contributed by atoms with E-state index in [1.54, 1.807) is 60.7 Å². The Kier molecular flexibility index (Phi) is 4.72. The number of carbonyl (C=O) groups excluding carboxylic acids is 2. The highest BCUT2D eigenvalue weighted by Gasteiger charge is 2.45. The molecule has 0 spiro atoms. The SMILES string of the molecule is O=C(C1=C(O)C(=O)N(c2ccc(Cl)cc2)C1c1cccc(O)c1)c1cc2ccccc2o1. The van der Waals surface area contributed by atoms with Gasteiger partial charge < -0.3 is 14.6 Å². The van der Waals surface area contributed by atoms with Gasteiger partial charge in [-0.15, -0.1) is 0 Å². The fraction of sp³-hybridized carbons (Fsp3) is 0.0400. The second-order valence-electron chi connectivity index (χ2n) is 7.39. The summed E-state index contributed by atoms with van der Waals surface area (Å²) in [6, 6.07) is 20.4. The summed E-state index contributed by atoms with van der Waals surface area (Å²) in [4.78, 5) is 27.9. The molecular weight excluding hydrogens is 430 g/mol. The van der Waals surface area contributed by atoms with Gasteiger partial charge in [-0.1, -0.05) is 41.9 Å². The molecule has 7 heteroatoms. The second kappa shape index (κ2) is 7.59. The van der Waals surface area contributed by atoms with Crippen molar-refractivity contribution in [2.75, 3.05) is 4.90 Å². The van der Waals surface area contributed by atoms with Crippen molar-refractivity contribution < 1.29 is 24.2 Å². The molecule has 1 atom stereocenters. The van der Waals surface area contributed by atoms with E-state index in [1.165, 1.54) is 17.0 Å². The van der Waals surface area contributed by atoms with Gasteiger partial charge >= 0.3 is 0 Å². The van der Waals surface area contributed by atoms with Crippen LogP contribution in [0.3, 0.4) is 0 Å². The van der Waals surface area contributed by atoms with E-state index in [-0.39, 0.29) is 17.1 Å². The summed E-state index contributed by atoms with van der Waals surface area (Å²) in [6.45, 7) is 0. The largest absolute Gasteiger partial charge is 0.508 e. The van der Waals surface area contributed by atoms with Crippen molar-refractivity contribution in [2.45, 2.75) is 6.04 Å². The highest BCUT2D eigenvalue weighted by Crippen LogP contribution is 2.43. The van der Waals surface area contributed by atoms with Gasteiger partial charge in [0.2, 0.25) is 5.78 Å². The molecule has 3 aromatic carbocycles. The average Bonchev–Trinajstić information content (AvgIpc) is 3.33. The van der Waals surface area contributed by atoms with Crippen molar-refractivity contribution in [3.63, 3.8) is 0 Å². The molecule has 2 heterocycles. The van der Waals surface area contributed by atoms with Crippen molar-refractivity contribution >= 4 is 39.9 Å². The molecule has 1 amide bonds. The van der Waals surface area contributed by atoms with Crippen LogP contribution in [0.15, 0.2) is 94.6 Å². The van der Waals surface area contributed by atoms with Gasteiger partial charge in [0.05, 0.1) is 11.6 Å². The first kappa shape index (κ1) is 19.9. The molecule has 4 aromatic rings. The van der Waals surface area contributed by atoms with Crippen LogP contribution in [0.4, 0.5) is 5.69 Å². The molecule has 0 saturated heterocycles. The molecule has 158 valence electrons. The zero-order valence-electron chi connectivity index (χ0n) is 16.5. The van der Waals surface area contributed by atoms with Crippen LogP contribution in [0.1, 0.15) is 22.2 Å². The van der Waals surface area contributed by atoms with Gasteiger partial charge in [0.25, 0.3) is 5.91 Å². The van der Waals surface area contributed by atoms with Crippen LogP contribution in [0.2, 0.25) is 5.02 Å². The van der Waals surface area contributed by atoms with Gasteiger partial charge in [-0.05, 0) is 54.1 Å². The summed E-state index contributed by atoms with van der Waals surface area (Å²) in [7, 11) is 0. The van der Waals surface area contributed by atoms with E-state index in [9.17, 15) is 19.8 Å². The third-order valence-corrected chi connectivity index (χ3v) is 5.64. The number of aliphatic hydroxyl groups excluding tert-OH is 1. The molecule has 1 aliphatic rings. The van der Waals surface area contributed by atoms with Gasteiger partial charge in [-0.3, -0.25) is 14.5 Å². The van der Waals surface area contributed by atoms with Crippen LogP contribution in [0.25, 0.3) is 11.0 Å². The quantitative estimate of drug-likeness (QED) is 0.400. The van der Waals surface area contributed by atoms with Crippen LogP contribution < -0.4 is 4.90 Å². The number of hydrogen-bond donors (Lipinski definition) is 2. The summed E-state index contributed by atoms with van der Waals surface area (Å²) in [5, 5.41) is 22.0. The number of anilines is 1. The molecule has 5 rings (SSSR count). The summed E-state index contributed by atoms with van der Waals surface area (Å²) in [5.74, 6) is -2.05. The summed E-state index contributed by atoms with van der Waals surface area (Å²) in [5.41, 5.74) is 1.28. The maximum atomic E-state index is 13.5. The minimum absolute atomic E-state index is 0.00339. The Morgan fingerprint density at radius 3 is 2.41 bits per heavy atom. The number of ketones is 1. The van der Waals surface area contributed by atoms with Crippen LogP contribution in [-0.2, 0) is 4.79 Å². The van der Waals surface area contributed by atoms with Gasteiger partial charge in [-0.2, -0.15) is 0 Å². The first-order valence-electron chi connectivity index (χ1n) is 9.78. The summed E-state index contributed by atoms with van der Waals surface area (Å²) in [6.07, 6.45) is 0. The molecule has 2 N–H and O–H groups in total. The monoisotopic (exact) mass is 445 g/mol. The number of amides is 1. The highest BCUT2D eigenvalue weighted by atomic mass is 35.5. The predicted octanol–water partition coefficient (Wildman–Crippen LogP) is 5.57. The maximum absolute atomic E-state index is 13.5. The first-order chi connectivity index (χ1) is 15.4. The number of benzene rings is 3. The van der Waals surface area contributed by atoms with Gasteiger partial charge in [-0.25, -0.2) is 0 Å². The number of halogens is 1. The predicted molar refractivity (Wildman–Crippen MR) is 120 cm³/mol. The number of phenols is 1. The van der Waals surface area contributed by atoms with Gasteiger partial charge in [0.15, 0.2) is 11.5 Å². The zero-order chi connectivity index (χ0) is 22.4. The normalized spacial score (nSPS) is 16.2. The molecule has 1 unspecified atom stereocenters. The lowest BCUT2D eigenvalue weighted by molar-refractivity contribution is -0.117. The van der Waals surface area contributed by atoms with Crippen molar-refractivity contribution in [1.82, 2.24) is 0 Å². The van der Waals surface area contributed by atoms with Crippen molar-refractivity contribution in [3.05, 3.63) is 107 Å². The zero-order valence-corrected chi connectivity index (χ0v) is 17.3. The number of rotatable bonds is 4. The molecule has 6 nitrogen and oxygen atoms in total. The lowest BCUT2D eigenvalue weighted by Crippen LogP contribution is -2.31. The molecular formula is C25H16ClNO5. The van der Waals surface area contributed by atoms with Crippen LogP contribution in [-0.4, -0.2) is 21.9 Å². The molecule has 0 bridgehead atoms. The second-order valence-corrected chi connectivity index (χ2v) is 7.83. The van der Waals surface area contributed by atoms with E-state index < -0.39 is 23.5 Å². The van der Waals surface area contributed by atoms with E-state index in [4.69, 9.17) is 16.0 Å². The number of para-hydroxylation sites is 1. The molecule has 0 aliphatic carbocycles. The molecule has 0 fully saturated rings. The molecule has 32 heavy (non-hydrogen) atoms. The number of furan rings is 1. The molecule has 1 aliphatic heterocycles.